The highest BCUT2D eigenvalue weighted by atomic mass is 79.9. The topological polar surface area (TPSA) is 68.6 Å². The monoisotopic (exact) mass is 536 g/mol. The minimum atomic E-state index is -0.0275. The number of methoxy groups -OCH3 is 1. The molecule has 35 heavy (non-hydrogen) atoms. The number of hydrogen-bond donors (Lipinski definition) is 1. The van der Waals surface area contributed by atoms with Crippen LogP contribution in [0.25, 0.3) is 11.3 Å². The summed E-state index contributed by atoms with van der Waals surface area (Å²) in [7, 11) is 1.61. The van der Waals surface area contributed by atoms with E-state index in [0.717, 1.165) is 53.5 Å². The molecule has 0 fully saturated rings. The Morgan fingerprint density at radius 2 is 2.00 bits per heavy atom. The van der Waals surface area contributed by atoms with E-state index in [9.17, 15) is 4.79 Å². The third kappa shape index (κ3) is 4.93. The fourth-order valence-corrected chi connectivity index (χ4v) is 4.99. The maximum atomic E-state index is 13.5. The number of aromatic nitrogens is 2. The van der Waals surface area contributed by atoms with Gasteiger partial charge in [-0.2, -0.15) is 5.10 Å². The number of halogens is 1. The Hall–Kier alpha value is -3.26. The minimum absolute atomic E-state index is 0.0275. The normalized spacial score (nSPS) is 16.7. The van der Waals surface area contributed by atoms with Crippen LogP contribution in [0.1, 0.15) is 41.6 Å². The largest absolute Gasteiger partial charge is 0.493 e. The number of unbranched alkanes of at least 4 members (excludes halogenated alkanes) is 2. The van der Waals surface area contributed by atoms with Crippen LogP contribution in [0.4, 0.5) is 5.69 Å². The van der Waals surface area contributed by atoms with E-state index < -0.39 is 0 Å². The van der Waals surface area contributed by atoms with Crippen molar-refractivity contribution in [1.29, 1.82) is 0 Å². The van der Waals surface area contributed by atoms with Crippen LogP contribution in [0.3, 0.4) is 0 Å². The summed E-state index contributed by atoms with van der Waals surface area (Å²) in [4.78, 5) is 15.4. The van der Waals surface area contributed by atoms with Gasteiger partial charge in [-0.15, -0.1) is 0 Å². The highest BCUT2D eigenvalue weighted by Crippen LogP contribution is 2.39. The zero-order chi connectivity index (χ0) is 24.2. The van der Waals surface area contributed by atoms with Gasteiger partial charge < -0.3 is 19.7 Å². The smallest absolute Gasteiger partial charge is 0.260 e. The number of carbonyl (C=O) groups is 1. The van der Waals surface area contributed by atoms with E-state index in [0.29, 0.717) is 30.2 Å². The fraction of sp³-hybridized carbons (Fsp3) is 0.333. The van der Waals surface area contributed by atoms with Crippen LogP contribution in [0.5, 0.6) is 11.5 Å². The van der Waals surface area contributed by atoms with Crippen molar-refractivity contribution in [2.75, 3.05) is 30.9 Å². The molecule has 8 heteroatoms. The maximum absolute atomic E-state index is 13.5. The van der Waals surface area contributed by atoms with Crippen LogP contribution < -0.4 is 14.8 Å². The molecule has 1 aromatic heterocycles. The van der Waals surface area contributed by atoms with Gasteiger partial charge in [0.25, 0.3) is 5.91 Å². The second-order valence-electron chi connectivity index (χ2n) is 8.75. The zero-order valence-corrected chi connectivity index (χ0v) is 21.3. The zero-order valence-electron chi connectivity index (χ0n) is 19.7. The van der Waals surface area contributed by atoms with Crippen LogP contribution in [-0.4, -0.2) is 52.2 Å². The first kappa shape index (κ1) is 23.5. The van der Waals surface area contributed by atoms with Gasteiger partial charge in [-0.1, -0.05) is 28.1 Å². The van der Waals surface area contributed by atoms with Gasteiger partial charge in [0.15, 0.2) is 11.5 Å². The van der Waals surface area contributed by atoms with Crippen LogP contribution in [0.15, 0.2) is 61.1 Å². The second kappa shape index (κ2) is 10.6. The first-order valence-electron chi connectivity index (χ1n) is 12.0. The van der Waals surface area contributed by atoms with Gasteiger partial charge in [0, 0.05) is 36.5 Å². The Labute approximate surface area is 213 Å². The van der Waals surface area contributed by atoms with E-state index in [-0.39, 0.29) is 11.9 Å². The Bertz CT molecular complexity index is 1210. The Morgan fingerprint density at radius 1 is 1.14 bits per heavy atom. The number of fused-ring (bicyclic) bond motifs is 2. The summed E-state index contributed by atoms with van der Waals surface area (Å²) in [5.41, 5.74) is 4.66. The lowest BCUT2D eigenvalue weighted by Crippen LogP contribution is -2.34. The second-order valence-corrected chi connectivity index (χ2v) is 9.54. The number of nitrogens with one attached hydrogen (secondary N) is 1. The van der Waals surface area contributed by atoms with Crippen molar-refractivity contribution in [3.63, 3.8) is 0 Å². The number of anilines is 1. The van der Waals surface area contributed by atoms with Crippen molar-refractivity contribution < 1.29 is 14.3 Å². The molecule has 0 saturated carbocycles. The van der Waals surface area contributed by atoms with Gasteiger partial charge >= 0.3 is 0 Å². The van der Waals surface area contributed by atoms with Crippen molar-refractivity contribution in [2.45, 2.75) is 31.7 Å². The van der Waals surface area contributed by atoms with Gasteiger partial charge in [0.05, 0.1) is 36.7 Å². The first-order valence-corrected chi connectivity index (χ1v) is 13.1. The molecule has 0 spiro atoms. The molecule has 5 rings (SSSR count). The molecule has 7 nitrogen and oxygen atoms in total. The Kier molecular flexibility index (Phi) is 7.08. The van der Waals surface area contributed by atoms with Gasteiger partial charge in [-0.3, -0.25) is 4.79 Å². The number of amides is 1. The van der Waals surface area contributed by atoms with Crippen molar-refractivity contribution in [2.24, 2.45) is 0 Å². The lowest BCUT2D eigenvalue weighted by atomic mass is 10.0. The fourth-order valence-electron chi connectivity index (χ4n) is 4.59. The molecule has 0 saturated heterocycles. The predicted molar refractivity (Wildman–Crippen MR) is 141 cm³/mol. The maximum Gasteiger partial charge on any atom is 0.260 e. The number of rotatable bonds is 9. The van der Waals surface area contributed by atoms with E-state index in [1.54, 1.807) is 19.4 Å². The van der Waals surface area contributed by atoms with Crippen molar-refractivity contribution in [1.82, 2.24) is 14.7 Å². The van der Waals surface area contributed by atoms with Crippen molar-refractivity contribution >= 4 is 33.1 Å². The van der Waals surface area contributed by atoms with Crippen molar-refractivity contribution in [3.05, 3.63) is 72.2 Å². The average Bonchev–Trinajstić information content (AvgIpc) is 3.55. The summed E-state index contributed by atoms with van der Waals surface area (Å²) >= 11 is 3.46. The molecule has 1 atom stereocenters. The quantitative estimate of drug-likeness (QED) is 0.288. The molecule has 1 N–H and O–H groups in total. The van der Waals surface area contributed by atoms with Crippen LogP contribution >= 0.6 is 15.9 Å². The number of nitrogens with zero attached hydrogens (tertiary/aromatic N) is 3. The molecule has 0 unspecified atom stereocenters. The molecular weight excluding hydrogens is 508 g/mol. The SMILES string of the molecule is COc1cc2c(cc1OCCCCCBr)NC[C@@H]1CC(c3ccc(-n4cccn4)cc3)=CN1C2=O. The summed E-state index contributed by atoms with van der Waals surface area (Å²) in [5.74, 6) is 1.22. The van der Waals surface area contributed by atoms with E-state index >= 15 is 0 Å². The molecular formula is C27H29BrN4O3. The molecule has 3 aromatic rings. The first-order chi connectivity index (χ1) is 17.2. The molecule has 2 aliphatic heterocycles. The number of benzene rings is 2. The van der Waals surface area contributed by atoms with Crippen LogP contribution in [0, 0.1) is 0 Å². The number of ether oxygens (including phenoxy) is 2. The average molecular weight is 537 g/mol. The third-order valence-corrected chi connectivity index (χ3v) is 7.04. The molecule has 2 aliphatic rings. The van der Waals surface area contributed by atoms with Gasteiger partial charge in [-0.25, -0.2) is 4.68 Å². The standard InChI is InChI=1S/C27H29BrN4O3/c1-34-25-15-23-24(16-26(25)35-13-4-2-3-10-28)29-17-22-14-20(18-31(22)27(23)33)19-6-8-21(9-7-19)32-12-5-11-30-32/h5-9,11-12,15-16,18,22,29H,2-4,10,13-14,17H2,1H3/t22-/m0/s1. The number of alkyl halides is 1. The van der Waals surface area contributed by atoms with E-state index in [4.69, 9.17) is 9.47 Å². The molecule has 2 aromatic carbocycles. The molecule has 0 radical (unpaired) electrons. The van der Waals surface area contributed by atoms with E-state index in [2.05, 4.69) is 38.5 Å². The summed E-state index contributed by atoms with van der Waals surface area (Å²) < 4.78 is 13.4. The highest BCUT2D eigenvalue weighted by Gasteiger charge is 2.34. The predicted octanol–water partition coefficient (Wildman–Crippen LogP) is 5.51. The van der Waals surface area contributed by atoms with Crippen LogP contribution in [-0.2, 0) is 0 Å². The molecule has 182 valence electrons. The summed E-state index contributed by atoms with van der Waals surface area (Å²) in [6.07, 6.45) is 9.68. The summed E-state index contributed by atoms with van der Waals surface area (Å²) in [6, 6.07) is 13.9. The number of hydrogen-bond acceptors (Lipinski definition) is 5. The third-order valence-electron chi connectivity index (χ3n) is 6.48. The van der Waals surface area contributed by atoms with Crippen molar-refractivity contribution in [3.8, 4) is 17.2 Å². The highest BCUT2D eigenvalue weighted by molar-refractivity contribution is 9.09. The molecule has 3 heterocycles. The lowest BCUT2D eigenvalue weighted by Gasteiger charge is -2.20. The molecule has 1 amide bonds. The van der Waals surface area contributed by atoms with E-state index in [1.807, 2.05) is 46.2 Å². The lowest BCUT2D eigenvalue weighted by molar-refractivity contribution is 0.0796. The Morgan fingerprint density at radius 3 is 2.74 bits per heavy atom. The molecule has 0 bridgehead atoms. The number of carbonyl (C=O) groups excluding carboxylic acids is 1. The van der Waals surface area contributed by atoms with Crippen LogP contribution in [0.2, 0.25) is 0 Å². The van der Waals surface area contributed by atoms with E-state index in [1.165, 1.54) is 0 Å². The minimum Gasteiger partial charge on any atom is -0.493 e. The Balaban J connectivity index is 1.34. The summed E-state index contributed by atoms with van der Waals surface area (Å²) in [5, 5.41) is 8.77. The van der Waals surface area contributed by atoms with Gasteiger partial charge in [-0.05, 0) is 61.1 Å². The summed E-state index contributed by atoms with van der Waals surface area (Å²) in [6.45, 7) is 1.29. The molecule has 0 aliphatic carbocycles. The van der Waals surface area contributed by atoms with Gasteiger partial charge in [0.2, 0.25) is 0 Å². The van der Waals surface area contributed by atoms with Gasteiger partial charge in [0.1, 0.15) is 0 Å².